The molecule has 0 bridgehead atoms. The van der Waals surface area contributed by atoms with Gasteiger partial charge in [0.15, 0.2) is 11.5 Å². The van der Waals surface area contributed by atoms with Gasteiger partial charge in [0.2, 0.25) is 0 Å². The minimum absolute atomic E-state index is 0.0701. The highest BCUT2D eigenvalue weighted by Crippen LogP contribution is 2.38. The molecule has 0 amide bonds. The van der Waals surface area contributed by atoms with Crippen LogP contribution >= 0.6 is 0 Å². The maximum atomic E-state index is 10.7. The number of hydrogen-bond acceptors (Lipinski definition) is 5. The Labute approximate surface area is 148 Å². The summed E-state index contributed by atoms with van der Waals surface area (Å²) in [7, 11) is 4.92. The van der Waals surface area contributed by atoms with Crippen molar-refractivity contribution in [2.45, 2.75) is 25.0 Å². The highest BCUT2D eigenvalue weighted by Gasteiger charge is 2.25. The van der Waals surface area contributed by atoms with Crippen LogP contribution in [0.3, 0.4) is 0 Å². The van der Waals surface area contributed by atoms with Gasteiger partial charge >= 0.3 is 0 Å². The quantitative estimate of drug-likeness (QED) is 0.844. The van der Waals surface area contributed by atoms with Crippen LogP contribution in [0.15, 0.2) is 36.4 Å². The van der Waals surface area contributed by atoms with Gasteiger partial charge in [-0.2, -0.15) is 0 Å². The van der Waals surface area contributed by atoms with Gasteiger partial charge in [-0.3, -0.25) is 0 Å². The zero-order chi connectivity index (χ0) is 17.8. The molecule has 1 aliphatic rings. The van der Waals surface area contributed by atoms with Gasteiger partial charge < -0.3 is 24.6 Å². The number of benzene rings is 2. The van der Waals surface area contributed by atoms with Crippen molar-refractivity contribution in [3.63, 3.8) is 0 Å². The maximum Gasteiger partial charge on any atom is 0.161 e. The molecule has 5 heteroatoms. The van der Waals surface area contributed by atoms with Gasteiger partial charge in [-0.25, -0.2) is 0 Å². The predicted molar refractivity (Wildman–Crippen MR) is 96.6 cm³/mol. The topological polar surface area (TPSA) is 60.0 Å². The third-order valence-corrected chi connectivity index (χ3v) is 4.77. The van der Waals surface area contributed by atoms with Crippen molar-refractivity contribution < 1.29 is 19.3 Å². The minimum atomic E-state index is -0.553. The number of rotatable bonds is 6. The average Bonchev–Trinajstić information content (AvgIpc) is 2.67. The molecule has 2 aromatic carbocycles. The second-order valence-electron chi connectivity index (χ2n) is 6.19. The Kier molecular flexibility index (Phi) is 5.46. The summed E-state index contributed by atoms with van der Waals surface area (Å²) in [5, 5.41) is 14.2. The average molecular weight is 343 g/mol. The Hall–Kier alpha value is -2.24. The van der Waals surface area contributed by atoms with E-state index in [-0.39, 0.29) is 6.04 Å². The van der Waals surface area contributed by atoms with Gasteiger partial charge in [-0.15, -0.1) is 0 Å². The van der Waals surface area contributed by atoms with Crippen LogP contribution < -0.4 is 19.5 Å². The minimum Gasteiger partial charge on any atom is -0.497 e. The van der Waals surface area contributed by atoms with E-state index in [2.05, 4.69) is 5.32 Å². The first-order valence-electron chi connectivity index (χ1n) is 8.46. The molecule has 2 aromatic rings. The van der Waals surface area contributed by atoms with Gasteiger partial charge in [0.1, 0.15) is 5.75 Å². The van der Waals surface area contributed by atoms with E-state index in [9.17, 15) is 5.11 Å². The van der Waals surface area contributed by atoms with Gasteiger partial charge in [-0.05, 0) is 60.3 Å². The molecule has 1 aliphatic heterocycles. The number of aliphatic hydroxyl groups is 1. The van der Waals surface area contributed by atoms with Crippen molar-refractivity contribution in [2.75, 3.05) is 27.9 Å². The summed E-state index contributed by atoms with van der Waals surface area (Å²) in [4.78, 5) is 0. The van der Waals surface area contributed by atoms with Crippen LogP contribution in [0.4, 0.5) is 0 Å². The number of fused-ring (bicyclic) bond motifs is 1. The monoisotopic (exact) mass is 343 g/mol. The molecule has 2 N–H and O–H groups in total. The molecule has 0 aromatic heterocycles. The summed E-state index contributed by atoms with van der Waals surface area (Å²) in [6.45, 7) is 0.877. The molecule has 134 valence electrons. The zero-order valence-corrected chi connectivity index (χ0v) is 14.9. The van der Waals surface area contributed by atoms with Crippen LogP contribution in [0.1, 0.15) is 35.3 Å². The van der Waals surface area contributed by atoms with Gasteiger partial charge in [0.25, 0.3) is 0 Å². The molecule has 0 saturated carbocycles. The van der Waals surface area contributed by atoms with E-state index < -0.39 is 6.10 Å². The fraction of sp³-hybridized carbons (Fsp3) is 0.400. The molecule has 3 rings (SSSR count). The van der Waals surface area contributed by atoms with Crippen molar-refractivity contribution >= 4 is 0 Å². The second kappa shape index (κ2) is 7.76. The number of methoxy groups -OCH3 is 3. The highest BCUT2D eigenvalue weighted by atomic mass is 16.5. The van der Waals surface area contributed by atoms with Gasteiger partial charge in [-0.1, -0.05) is 12.1 Å². The predicted octanol–water partition coefficient (Wildman–Crippen LogP) is 3.02. The SMILES string of the molecule is COc1ccc([C@@H](O)C[C@H]2NCCc3cc(OC)c(OC)cc32)cc1. The highest BCUT2D eigenvalue weighted by molar-refractivity contribution is 5.49. The lowest BCUT2D eigenvalue weighted by Crippen LogP contribution is -2.31. The molecular formula is C20H25NO4. The molecule has 0 radical (unpaired) electrons. The van der Waals surface area contributed by atoms with E-state index in [4.69, 9.17) is 14.2 Å². The van der Waals surface area contributed by atoms with Crippen LogP contribution in [0.2, 0.25) is 0 Å². The summed E-state index contributed by atoms with van der Waals surface area (Å²) in [6, 6.07) is 11.7. The number of nitrogens with one attached hydrogen (secondary N) is 1. The molecule has 0 fully saturated rings. The molecule has 2 atom stereocenters. The van der Waals surface area contributed by atoms with Crippen molar-refractivity contribution in [3.8, 4) is 17.2 Å². The lowest BCUT2D eigenvalue weighted by molar-refractivity contribution is 0.150. The van der Waals surface area contributed by atoms with Crippen molar-refractivity contribution in [3.05, 3.63) is 53.1 Å². The summed E-state index contributed by atoms with van der Waals surface area (Å²) in [5.74, 6) is 2.25. The summed E-state index contributed by atoms with van der Waals surface area (Å²) in [5.41, 5.74) is 3.29. The molecule has 0 saturated heterocycles. The summed E-state index contributed by atoms with van der Waals surface area (Å²) in [6.07, 6.45) is 0.974. The smallest absolute Gasteiger partial charge is 0.161 e. The Morgan fingerprint density at radius 1 is 1.04 bits per heavy atom. The first kappa shape index (κ1) is 17.6. The first-order chi connectivity index (χ1) is 12.2. The third kappa shape index (κ3) is 3.72. The summed E-state index contributed by atoms with van der Waals surface area (Å²) < 4.78 is 16.0. The van der Waals surface area contributed by atoms with Crippen molar-refractivity contribution in [1.29, 1.82) is 0 Å². The lowest BCUT2D eigenvalue weighted by atomic mass is 9.89. The molecule has 0 unspecified atom stereocenters. The Balaban J connectivity index is 1.82. The van der Waals surface area contributed by atoms with Crippen LogP contribution in [0.5, 0.6) is 17.2 Å². The van der Waals surface area contributed by atoms with E-state index in [1.54, 1.807) is 21.3 Å². The summed E-state index contributed by atoms with van der Waals surface area (Å²) >= 11 is 0. The Morgan fingerprint density at radius 3 is 2.36 bits per heavy atom. The van der Waals surface area contributed by atoms with Crippen LogP contribution in [-0.4, -0.2) is 33.0 Å². The van der Waals surface area contributed by atoms with Crippen molar-refractivity contribution in [2.24, 2.45) is 0 Å². The second-order valence-corrected chi connectivity index (χ2v) is 6.19. The normalized spacial score (nSPS) is 17.5. The molecular weight excluding hydrogens is 318 g/mol. The van der Waals surface area contributed by atoms with Crippen molar-refractivity contribution in [1.82, 2.24) is 5.32 Å². The Bertz CT molecular complexity index is 714. The number of ether oxygens (including phenoxy) is 3. The Morgan fingerprint density at radius 2 is 1.72 bits per heavy atom. The molecule has 25 heavy (non-hydrogen) atoms. The fourth-order valence-corrected chi connectivity index (χ4v) is 3.36. The van der Waals surface area contributed by atoms with E-state index >= 15 is 0 Å². The maximum absolute atomic E-state index is 10.7. The fourth-order valence-electron chi connectivity index (χ4n) is 3.36. The molecule has 0 spiro atoms. The van der Waals surface area contributed by atoms with E-state index in [0.717, 1.165) is 35.6 Å². The van der Waals surface area contributed by atoms with E-state index in [1.807, 2.05) is 36.4 Å². The van der Waals surface area contributed by atoms with Crippen LogP contribution in [-0.2, 0) is 6.42 Å². The zero-order valence-electron chi connectivity index (χ0n) is 14.9. The van der Waals surface area contributed by atoms with Crippen LogP contribution in [0, 0.1) is 0 Å². The first-order valence-corrected chi connectivity index (χ1v) is 8.46. The number of hydrogen-bond donors (Lipinski definition) is 2. The van der Waals surface area contributed by atoms with E-state index in [1.165, 1.54) is 5.56 Å². The van der Waals surface area contributed by atoms with Gasteiger partial charge in [0.05, 0.1) is 27.4 Å². The molecule has 1 heterocycles. The number of aliphatic hydroxyl groups excluding tert-OH is 1. The van der Waals surface area contributed by atoms with Gasteiger partial charge in [0, 0.05) is 6.04 Å². The van der Waals surface area contributed by atoms with Crippen LogP contribution in [0.25, 0.3) is 0 Å². The largest absolute Gasteiger partial charge is 0.497 e. The molecule has 5 nitrogen and oxygen atoms in total. The third-order valence-electron chi connectivity index (χ3n) is 4.77. The standard InChI is InChI=1S/C20H25NO4/c1-23-15-6-4-13(5-7-15)18(22)12-17-16-11-20(25-3)19(24-2)10-14(16)8-9-21-17/h4-7,10-11,17-18,21-22H,8-9,12H2,1-3H3/t17-,18+/m1/s1. The lowest BCUT2D eigenvalue weighted by Gasteiger charge is -2.29. The molecule has 0 aliphatic carbocycles. The van der Waals surface area contributed by atoms with E-state index in [0.29, 0.717) is 12.2 Å².